The van der Waals surface area contributed by atoms with Crippen LogP contribution in [0.1, 0.15) is 27.0 Å². The number of alkyl halides is 6. The van der Waals surface area contributed by atoms with Crippen LogP contribution in [-0.4, -0.2) is 68.7 Å². The topological polar surface area (TPSA) is 223 Å². The van der Waals surface area contributed by atoms with Crippen molar-refractivity contribution in [2.75, 3.05) is 58.3 Å². The average molecular weight is 773 g/mol. The number of rotatable bonds is 12. The van der Waals surface area contributed by atoms with E-state index in [0.29, 0.717) is 21.9 Å². The second kappa shape index (κ2) is 18.2. The highest BCUT2D eigenvalue weighted by Crippen LogP contribution is 2.32. The molecule has 0 radical (unpaired) electrons. The van der Waals surface area contributed by atoms with E-state index in [9.17, 15) is 45.8 Å². The molecule has 52 heavy (non-hydrogen) atoms. The normalized spacial score (nSPS) is 11.2. The molecule has 2 aromatic heterocycles. The van der Waals surface area contributed by atoms with Crippen molar-refractivity contribution in [1.29, 1.82) is 0 Å². The van der Waals surface area contributed by atoms with Gasteiger partial charge in [0.2, 0.25) is 23.7 Å². The van der Waals surface area contributed by atoms with Crippen molar-refractivity contribution in [3.05, 3.63) is 70.8 Å². The quantitative estimate of drug-likeness (QED) is 0.0436. The molecule has 0 bridgehead atoms. The highest BCUT2D eigenvalue weighted by atomic mass is 32.2. The Hall–Kier alpha value is -5.35. The van der Waals surface area contributed by atoms with E-state index in [1.165, 1.54) is 47.8 Å². The van der Waals surface area contributed by atoms with Crippen LogP contribution in [0, 0.1) is 0 Å². The Morgan fingerprint density at radius 1 is 0.750 bits per heavy atom. The van der Waals surface area contributed by atoms with Crippen LogP contribution in [0.2, 0.25) is 0 Å². The highest BCUT2D eigenvalue weighted by molar-refractivity contribution is 7.98. The van der Waals surface area contributed by atoms with Crippen LogP contribution in [0.15, 0.2) is 58.6 Å². The number of nitrogens with zero attached hydrogens (tertiary/aromatic N) is 4. The molecule has 0 saturated carbocycles. The maximum Gasteiger partial charge on any atom is 0.416 e. The van der Waals surface area contributed by atoms with Gasteiger partial charge in [-0.25, -0.2) is 9.97 Å². The molecule has 0 unspecified atom stereocenters. The van der Waals surface area contributed by atoms with Gasteiger partial charge in [-0.3, -0.25) is 14.4 Å². The van der Waals surface area contributed by atoms with Crippen molar-refractivity contribution >= 4 is 76.5 Å². The van der Waals surface area contributed by atoms with Gasteiger partial charge in [0.15, 0.2) is 6.29 Å². The number of anilines is 6. The number of aliphatic hydroxyl groups excluding tert-OH is 1. The van der Waals surface area contributed by atoms with Gasteiger partial charge in [-0.15, -0.1) is 23.5 Å². The number of halogens is 6. The van der Waals surface area contributed by atoms with E-state index in [1.54, 1.807) is 12.5 Å². The lowest BCUT2D eigenvalue weighted by Gasteiger charge is -2.13. The molecule has 0 atom stereocenters. The molecule has 0 saturated heterocycles. The van der Waals surface area contributed by atoms with Gasteiger partial charge in [0.25, 0.3) is 0 Å². The summed E-state index contributed by atoms with van der Waals surface area (Å²) >= 11 is 2.43. The van der Waals surface area contributed by atoms with Crippen molar-refractivity contribution in [2.45, 2.75) is 29.0 Å². The molecule has 4 rings (SSSR count). The van der Waals surface area contributed by atoms with Crippen LogP contribution in [-0.2, 0) is 28.5 Å². The van der Waals surface area contributed by atoms with E-state index in [-0.39, 0.29) is 60.2 Å². The largest absolute Gasteiger partial charge is 0.416 e. The standard InChI is InChI=1S/C15H16F3N5O2S.C15H14F3N5O2S/c2*1-26-13-10(7-24)12(22-14(19)23-13)20-6-11(25)21-9-4-2-3-8(5-9)15(16,17)18/h2-5,24H,6-7H2,1H3,(H,21,25)(H3,19,20,22,23);2-5,7H,6H2,1H3,(H,21,25)(H3,19,20,22,23). The number of thioether (sulfide) groups is 2. The van der Waals surface area contributed by atoms with Gasteiger partial charge >= 0.3 is 12.4 Å². The summed E-state index contributed by atoms with van der Waals surface area (Å²) in [5.41, 5.74) is 9.91. The zero-order valence-electron chi connectivity index (χ0n) is 27.0. The van der Waals surface area contributed by atoms with Gasteiger partial charge in [0.05, 0.1) is 42.0 Å². The van der Waals surface area contributed by atoms with E-state index in [4.69, 9.17) is 11.5 Å². The average Bonchev–Trinajstić information content (AvgIpc) is 3.09. The van der Waals surface area contributed by atoms with Gasteiger partial charge in [-0.2, -0.15) is 36.3 Å². The maximum absolute atomic E-state index is 12.7. The number of hydrogen-bond acceptors (Lipinski definition) is 14. The van der Waals surface area contributed by atoms with Crippen molar-refractivity contribution in [3.8, 4) is 0 Å². The summed E-state index contributed by atoms with van der Waals surface area (Å²) in [7, 11) is 0. The number of nitrogen functional groups attached to an aromatic ring is 2. The predicted molar refractivity (Wildman–Crippen MR) is 185 cm³/mol. The SMILES string of the molecule is CSc1nc(N)nc(NCC(=O)Nc2cccc(C(F)(F)F)c2)c1C=O.CSc1nc(N)nc(NCC(=O)Nc2cccc(C(F)(F)F)c2)c1CO. The van der Waals surface area contributed by atoms with E-state index in [0.717, 1.165) is 24.3 Å². The Morgan fingerprint density at radius 2 is 1.19 bits per heavy atom. The molecular formula is C30H30F6N10O4S2. The lowest BCUT2D eigenvalue weighted by atomic mass is 10.2. The zero-order valence-corrected chi connectivity index (χ0v) is 28.7. The van der Waals surface area contributed by atoms with Gasteiger partial charge in [-0.1, -0.05) is 12.1 Å². The molecule has 278 valence electrons. The number of amides is 2. The molecule has 2 amide bonds. The van der Waals surface area contributed by atoms with Gasteiger partial charge in [-0.05, 0) is 48.9 Å². The summed E-state index contributed by atoms with van der Waals surface area (Å²) < 4.78 is 76.1. The first-order valence-electron chi connectivity index (χ1n) is 14.4. The minimum atomic E-state index is -4.51. The Balaban J connectivity index is 0.000000280. The summed E-state index contributed by atoms with van der Waals surface area (Å²) in [6, 6.07) is 8.54. The Labute approximate surface area is 300 Å². The van der Waals surface area contributed by atoms with E-state index in [2.05, 4.69) is 41.2 Å². The first kappa shape index (κ1) is 41.1. The summed E-state index contributed by atoms with van der Waals surface area (Å²) in [5, 5.41) is 20.3. The molecular weight excluding hydrogens is 743 g/mol. The number of nitrogens with two attached hydrogens (primary N) is 2. The number of benzene rings is 2. The second-order valence-corrected chi connectivity index (χ2v) is 11.6. The second-order valence-electron chi connectivity index (χ2n) is 10.0. The lowest BCUT2D eigenvalue weighted by Crippen LogP contribution is -2.23. The molecule has 0 spiro atoms. The molecule has 2 aromatic carbocycles. The van der Waals surface area contributed by atoms with E-state index in [1.807, 2.05) is 0 Å². The van der Waals surface area contributed by atoms with Crippen LogP contribution in [0.25, 0.3) is 0 Å². The van der Waals surface area contributed by atoms with Crippen molar-refractivity contribution < 1.29 is 45.8 Å². The van der Waals surface area contributed by atoms with Gasteiger partial charge in [0, 0.05) is 11.4 Å². The third kappa shape index (κ3) is 11.9. The first-order valence-corrected chi connectivity index (χ1v) is 16.8. The van der Waals surface area contributed by atoms with Crippen molar-refractivity contribution in [2.24, 2.45) is 0 Å². The zero-order chi connectivity index (χ0) is 38.6. The van der Waals surface area contributed by atoms with Crippen LogP contribution in [0.4, 0.5) is 61.2 Å². The molecule has 2 heterocycles. The van der Waals surface area contributed by atoms with Gasteiger partial charge < -0.3 is 37.8 Å². The van der Waals surface area contributed by atoms with E-state index < -0.39 is 35.3 Å². The fourth-order valence-corrected chi connectivity index (χ4v) is 5.23. The first-order chi connectivity index (χ1) is 24.5. The maximum atomic E-state index is 12.7. The summed E-state index contributed by atoms with van der Waals surface area (Å²) in [5.74, 6) is -1.08. The number of aliphatic hydroxyl groups is 1. The number of carbonyl (C=O) groups excluding carboxylic acids is 3. The molecule has 0 aliphatic heterocycles. The molecule has 14 nitrogen and oxygen atoms in total. The fourth-order valence-electron chi connectivity index (χ4n) is 4.08. The molecule has 4 aromatic rings. The van der Waals surface area contributed by atoms with Crippen LogP contribution >= 0.6 is 23.5 Å². The fraction of sp³-hybridized carbons (Fsp3) is 0.233. The number of aldehydes is 1. The number of nitrogens with one attached hydrogen (secondary N) is 4. The smallest absolute Gasteiger partial charge is 0.391 e. The molecule has 0 aliphatic rings. The number of carbonyl (C=O) groups is 3. The molecule has 9 N–H and O–H groups in total. The van der Waals surface area contributed by atoms with Crippen LogP contribution < -0.4 is 32.7 Å². The summed E-state index contributed by atoms with van der Waals surface area (Å²) in [6.07, 6.45) is -5.05. The molecule has 22 heteroatoms. The monoisotopic (exact) mass is 772 g/mol. The Kier molecular flexibility index (Phi) is 14.4. The highest BCUT2D eigenvalue weighted by Gasteiger charge is 2.31. The lowest BCUT2D eigenvalue weighted by molar-refractivity contribution is -0.138. The predicted octanol–water partition coefficient (Wildman–Crippen LogP) is 5.01. The Morgan fingerprint density at radius 3 is 1.62 bits per heavy atom. The third-order valence-corrected chi connectivity index (χ3v) is 7.78. The minimum absolute atomic E-state index is 0.00533. The summed E-state index contributed by atoms with van der Waals surface area (Å²) in [4.78, 5) is 50.8. The molecule has 0 aliphatic carbocycles. The molecule has 0 fully saturated rings. The van der Waals surface area contributed by atoms with Crippen LogP contribution in [0.3, 0.4) is 0 Å². The van der Waals surface area contributed by atoms with Gasteiger partial charge in [0.1, 0.15) is 21.7 Å². The number of aromatic nitrogens is 4. The van der Waals surface area contributed by atoms with E-state index >= 15 is 0 Å². The third-order valence-electron chi connectivity index (χ3n) is 6.36. The van der Waals surface area contributed by atoms with Crippen molar-refractivity contribution in [3.63, 3.8) is 0 Å². The Bertz CT molecular complexity index is 1900. The van der Waals surface area contributed by atoms with Crippen molar-refractivity contribution in [1.82, 2.24) is 19.9 Å². The minimum Gasteiger partial charge on any atom is -0.391 e. The summed E-state index contributed by atoms with van der Waals surface area (Å²) in [6.45, 7) is -0.983. The number of hydrogen-bond donors (Lipinski definition) is 7. The van der Waals surface area contributed by atoms with Crippen LogP contribution in [0.5, 0.6) is 0 Å².